The van der Waals surface area contributed by atoms with E-state index < -0.39 is 0 Å². The van der Waals surface area contributed by atoms with Crippen LogP contribution in [0.25, 0.3) is 54.7 Å². The highest BCUT2D eigenvalue weighted by molar-refractivity contribution is 7.14. The van der Waals surface area contributed by atoms with E-state index in [1.807, 2.05) is 36.4 Å². The molecule has 0 radical (unpaired) electrons. The zero-order chi connectivity index (χ0) is 37.7. The Morgan fingerprint density at radius 1 is 0.582 bits per heavy atom. The first kappa shape index (κ1) is 36.8. The van der Waals surface area contributed by atoms with E-state index in [4.69, 9.17) is 4.99 Å². The number of phenolic OH excluding ortho intramolecular Hbond substituents is 2. The number of para-hydroxylation sites is 2. The Labute approximate surface area is 332 Å². The standard InChI is InChI=1S/C49H48N2O2S2/c1-3-5-7-9-15-32-25-27-54-48(32)34-21-23-36-40(29-34)46(38-17-11-13-19-44(38)52)50-42(36)31-43-37-24-22-35(49-33(26-28-55-49)16-10-8-6-4-2)30-41(37)47(51-43)39-18-12-14-20-45(39)53/h11-14,17-31,50,52-53H,3-10,15-16H2,1-2H3/b43-31+. The summed E-state index contributed by atoms with van der Waals surface area (Å²) in [5.41, 5.74) is 12.1. The van der Waals surface area contributed by atoms with Crippen LogP contribution in [0.4, 0.5) is 0 Å². The molecular weight excluding hydrogens is 713 g/mol. The van der Waals surface area contributed by atoms with Gasteiger partial charge in [0.1, 0.15) is 11.5 Å². The second-order valence-electron chi connectivity index (χ2n) is 14.6. The molecule has 0 saturated carbocycles. The summed E-state index contributed by atoms with van der Waals surface area (Å²) in [4.78, 5) is 11.6. The van der Waals surface area contributed by atoms with Crippen LogP contribution < -0.4 is 0 Å². The third-order valence-electron chi connectivity index (χ3n) is 10.9. The number of fused-ring (bicyclic) bond motifs is 2. The first-order valence-corrected chi connectivity index (χ1v) is 21.6. The molecule has 1 aliphatic heterocycles. The van der Waals surface area contributed by atoms with Gasteiger partial charge in [-0.15, -0.1) is 22.7 Å². The SMILES string of the molecule is CCCCCCc1ccsc1-c1ccc2c(c1)C(c1ccccc1O)=N/C2=C/c1[nH]c(-c2ccccc2O)c2cc(-c3sccc3CCCCCC)ccc12. The number of H-pyrrole nitrogens is 1. The molecule has 0 spiro atoms. The number of hydrogen-bond acceptors (Lipinski definition) is 5. The van der Waals surface area contributed by atoms with E-state index >= 15 is 0 Å². The maximum Gasteiger partial charge on any atom is 0.124 e. The van der Waals surface area contributed by atoms with Gasteiger partial charge in [-0.3, -0.25) is 0 Å². The Morgan fingerprint density at radius 2 is 1.18 bits per heavy atom. The maximum absolute atomic E-state index is 11.1. The molecule has 8 rings (SSSR count). The highest BCUT2D eigenvalue weighted by atomic mass is 32.1. The van der Waals surface area contributed by atoms with Gasteiger partial charge >= 0.3 is 0 Å². The number of unbranched alkanes of at least 4 members (excludes halogenated alkanes) is 6. The van der Waals surface area contributed by atoms with Crippen LogP contribution in [-0.2, 0) is 12.8 Å². The summed E-state index contributed by atoms with van der Waals surface area (Å²) in [6, 6.07) is 33.0. The number of phenols is 2. The van der Waals surface area contributed by atoms with Crippen LogP contribution in [0.1, 0.15) is 98.7 Å². The number of nitrogens with zero attached hydrogens (tertiary/aromatic N) is 1. The van der Waals surface area contributed by atoms with Crippen LogP contribution in [0.15, 0.2) is 113 Å². The Bertz CT molecular complexity index is 2510. The average molecular weight is 761 g/mol. The van der Waals surface area contributed by atoms with E-state index in [-0.39, 0.29) is 11.5 Å². The number of benzene rings is 4. The van der Waals surface area contributed by atoms with Gasteiger partial charge in [-0.2, -0.15) is 0 Å². The lowest BCUT2D eigenvalue weighted by atomic mass is 9.94. The molecule has 6 heteroatoms. The minimum Gasteiger partial charge on any atom is -0.507 e. The fourth-order valence-electron chi connectivity index (χ4n) is 7.94. The lowest BCUT2D eigenvalue weighted by Crippen LogP contribution is -2.01. The van der Waals surface area contributed by atoms with Crippen molar-refractivity contribution in [3.63, 3.8) is 0 Å². The number of thiophene rings is 2. The number of nitrogens with one attached hydrogen (secondary N) is 1. The molecule has 7 aromatic rings. The zero-order valence-corrected chi connectivity index (χ0v) is 33.3. The molecule has 0 unspecified atom stereocenters. The molecule has 4 nitrogen and oxygen atoms in total. The lowest BCUT2D eigenvalue weighted by molar-refractivity contribution is 0.474. The fourth-order valence-corrected chi connectivity index (χ4v) is 9.84. The highest BCUT2D eigenvalue weighted by Crippen LogP contribution is 2.43. The van der Waals surface area contributed by atoms with Crippen molar-refractivity contribution in [3.05, 3.63) is 141 Å². The van der Waals surface area contributed by atoms with E-state index in [0.717, 1.165) is 63.1 Å². The van der Waals surface area contributed by atoms with Gasteiger partial charge in [0.15, 0.2) is 0 Å². The van der Waals surface area contributed by atoms with E-state index in [1.165, 1.54) is 83.4 Å². The van der Waals surface area contributed by atoms with Crippen LogP contribution >= 0.6 is 22.7 Å². The van der Waals surface area contributed by atoms with E-state index in [1.54, 1.807) is 34.8 Å². The van der Waals surface area contributed by atoms with Crippen LogP contribution in [0.3, 0.4) is 0 Å². The van der Waals surface area contributed by atoms with Gasteiger partial charge in [-0.1, -0.05) is 101 Å². The van der Waals surface area contributed by atoms with Crippen molar-refractivity contribution in [2.45, 2.75) is 78.1 Å². The monoisotopic (exact) mass is 760 g/mol. The lowest BCUT2D eigenvalue weighted by Gasteiger charge is -2.10. The first-order valence-electron chi connectivity index (χ1n) is 19.8. The number of hydrogen-bond donors (Lipinski definition) is 3. The third-order valence-corrected chi connectivity index (χ3v) is 12.9. The van der Waals surface area contributed by atoms with Crippen LogP contribution in [0.5, 0.6) is 11.5 Å². The van der Waals surface area contributed by atoms with Crippen molar-refractivity contribution in [1.82, 2.24) is 4.98 Å². The summed E-state index contributed by atoms with van der Waals surface area (Å²) in [5.74, 6) is 0.449. The van der Waals surface area contributed by atoms with Crippen molar-refractivity contribution >= 4 is 50.9 Å². The smallest absolute Gasteiger partial charge is 0.124 e. The Kier molecular flexibility index (Phi) is 11.2. The van der Waals surface area contributed by atoms with Crippen LogP contribution in [0, 0.1) is 0 Å². The molecule has 278 valence electrons. The first-order chi connectivity index (χ1) is 27.0. The van der Waals surface area contributed by atoms with E-state index in [9.17, 15) is 10.2 Å². The molecule has 4 aromatic carbocycles. The fraction of sp³-hybridized carbons (Fsp3) is 0.245. The van der Waals surface area contributed by atoms with Crippen molar-refractivity contribution < 1.29 is 10.2 Å². The summed E-state index contributed by atoms with van der Waals surface area (Å²) in [7, 11) is 0. The highest BCUT2D eigenvalue weighted by Gasteiger charge is 2.26. The van der Waals surface area contributed by atoms with E-state index in [0.29, 0.717) is 5.56 Å². The number of aromatic amines is 1. The number of aryl methyl sites for hydroxylation is 2. The van der Waals surface area contributed by atoms with Gasteiger partial charge in [-0.25, -0.2) is 4.99 Å². The van der Waals surface area contributed by atoms with Crippen LogP contribution in [0.2, 0.25) is 0 Å². The molecule has 0 bridgehead atoms. The summed E-state index contributed by atoms with van der Waals surface area (Å²) in [5, 5.41) is 28.7. The normalized spacial score (nSPS) is 13.2. The van der Waals surface area contributed by atoms with Crippen molar-refractivity contribution in [2.24, 2.45) is 4.99 Å². The maximum atomic E-state index is 11.1. The summed E-state index contributed by atoms with van der Waals surface area (Å²) < 4.78 is 0. The van der Waals surface area contributed by atoms with Crippen molar-refractivity contribution in [2.75, 3.05) is 0 Å². The van der Waals surface area contributed by atoms with Gasteiger partial charge in [0.05, 0.1) is 17.1 Å². The summed E-state index contributed by atoms with van der Waals surface area (Å²) in [6.45, 7) is 4.51. The molecular formula is C49H48N2O2S2. The van der Waals surface area contributed by atoms with Gasteiger partial charge < -0.3 is 15.2 Å². The topological polar surface area (TPSA) is 68.6 Å². The molecule has 3 N–H and O–H groups in total. The molecule has 0 fully saturated rings. The van der Waals surface area contributed by atoms with E-state index in [2.05, 4.69) is 84.2 Å². The molecule has 1 aliphatic rings. The molecule has 0 amide bonds. The molecule has 3 aromatic heterocycles. The molecule has 0 aliphatic carbocycles. The molecule has 55 heavy (non-hydrogen) atoms. The Hall–Kier alpha value is -5.17. The molecule has 4 heterocycles. The summed E-state index contributed by atoms with van der Waals surface area (Å²) >= 11 is 3.60. The third kappa shape index (κ3) is 7.58. The number of aromatic nitrogens is 1. The summed E-state index contributed by atoms with van der Waals surface area (Å²) in [6.07, 6.45) is 14.2. The second kappa shape index (κ2) is 16.7. The minimum atomic E-state index is 0.213. The van der Waals surface area contributed by atoms with Gasteiger partial charge in [-0.05, 0) is 113 Å². The number of rotatable bonds is 15. The van der Waals surface area contributed by atoms with Gasteiger partial charge in [0, 0.05) is 48.5 Å². The zero-order valence-electron chi connectivity index (χ0n) is 31.7. The van der Waals surface area contributed by atoms with Crippen molar-refractivity contribution in [3.8, 4) is 43.6 Å². The molecule has 0 atom stereocenters. The average Bonchev–Trinajstić information content (AvgIpc) is 4.01. The van der Waals surface area contributed by atoms with Gasteiger partial charge in [0.25, 0.3) is 0 Å². The Morgan fingerprint density at radius 3 is 1.82 bits per heavy atom. The largest absolute Gasteiger partial charge is 0.507 e. The quantitative estimate of drug-likeness (QED) is 0.0911. The van der Waals surface area contributed by atoms with Gasteiger partial charge in [0.2, 0.25) is 0 Å². The predicted molar refractivity (Wildman–Crippen MR) is 236 cm³/mol. The minimum absolute atomic E-state index is 0.213. The predicted octanol–water partition coefficient (Wildman–Crippen LogP) is 14.3. The number of aliphatic imine (C=N–C) groups is 1. The Balaban J connectivity index is 1.23. The van der Waals surface area contributed by atoms with Crippen molar-refractivity contribution in [1.29, 1.82) is 0 Å². The molecule has 0 saturated heterocycles. The van der Waals surface area contributed by atoms with Crippen LogP contribution in [-0.4, -0.2) is 20.9 Å². The number of aromatic hydroxyl groups is 2. The second-order valence-corrected chi connectivity index (χ2v) is 16.5.